The highest BCUT2D eigenvalue weighted by atomic mass is 15.1. The van der Waals surface area contributed by atoms with E-state index in [4.69, 9.17) is 0 Å². The average molecular weight is 173 g/mol. The molecule has 0 spiro atoms. The molecule has 0 fully saturated rings. The normalized spacial score (nSPS) is 16.0. The van der Waals surface area contributed by atoms with E-state index >= 15 is 0 Å². The first kappa shape index (κ1) is 8.30. The third-order valence-electron chi connectivity index (χ3n) is 2.40. The van der Waals surface area contributed by atoms with Crippen molar-refractivity contribution >= 4 is 17.2 Å². The average Bonchev–Trinajstić information content (AvgIpc) is 2.59. The maximum atomic E-state index is 4.47. The van der Waals surface area contributed by atoms with Crippen molar-refractivity contribution in [3.05, 3.63) is 24.3 Å². The Labute approximate surface area is 78.7 Å². The predicted octanol–water partition coefficient (Wildman–Crippen LogP) is 3.01. The van der Waals surface area contributed by atoms with Crippen molar-refractivity contribution in [2.45, 2.75) is 20.3 Å². The molecule has 0 aromatic heterocycles. The van der Waals surface area contributed by atoms with Crippen LogP contribution < -0.4 is 5.32 Å². The third kappa shape index (κ3) is 1.44. The van der Waals surface area contributed by atoms with Crippen LogP contribution >= 0.6 is 0 Å². The molecule has 67 valence electrons. The molecule has 1 atom stereocenters. The number of amidine groups is 1. The molecule has 0 aliphatic carbocycles. The second-order valence-electron chi connectivity index (χ2n) is 3.38. The highest BCUT2D eigenvalue weighted by molar-refractivity contribution is 5.97. The summed E-state index contributed by atoms with van der Waals surface area (Å²) < 4.78 is 0. The Morgan fingerprint density at radius 2 is 1.92 bits per heavy atom. The van der Waals surface area contributed by atoms with Crippen LogP contribution in [0, 0.1) is 5.92 Å². The number of hydrogen-bond acceptors (Lipinski definition) is 1. The van der Waals surface area contributed by atoms with Crippen LogP contribution in [0.5, 0.6) is 0 Å². The van der Waals surface area contributed by atoms with Gasteiger partial charge in [0.25, 0.3) is 0 Å². The Bertz CT molecular complexity index is 342. The first-order valence-corrected chi connectivity index (χ1v) is 4.70. The summed E-state index contributed by atoms with van der Waals surface area (Å²) in [7, 11) is 0. The molecule has 1 aromatic rings. The van der Waals surface area contributed by atoms with Crippen LogP contribution in [0.1, 0.15) is 20.3 Å². The lowest BCUT2D eigenvalue weighted by Crippen LogP contribution is -2.15. The van der Waals surface area contributed by atoms with Crippen molar-refractivity contribution < 1.29 is 0 Å². The second-order valence-corrected chi connectivity index (χ2v) is 3.38. The standard InChI is InChI=1S/C11H13N2/c1-3-8(2)11-12-9-6-4-5-7-10(9)13-11/h4-8H,3H2,1-2H3. The summed E-state index contributed by atoms with van der Waals surface area (Å²) >= 11 is 0. The van der Waals surface area contributed by atoms with Crippen molar-refractivity contribution in [3.8, 4) is 0 Å². The summed E-state index contributed by atoms with van der Waals surface area (Å²) in [4.78, 5) is 4.47. The first-order valence-electron chi connectivity index (χ1n) is 4.70. The van der Waals surface area contributed by atoms with E-state index in [0.29, 0.717) is 5.92 Å². The summed E-state index contributed by atoms with van der Waals surface area (Å²) in [6.45, 7) is 4.32. The minimum Gasteiger partial charge on any atom is -0.231 e. The summed E-state index contributed by atoms with van der Waals surface area (Å²) in [6, 6.07) is 8.01. The predicted molar refractivity (Wildman–Crippen MR) is 54.8 cm³/mol. The van der Waals surface area contributed by atoms with E-state index < -0.39 is 0 Å². The van der Waals surface area contributed by atoms with Crippen molar-refractivity contribution in [1.29, 1.82) is 0 Å². The summed E-state index contributed by atoms with van der Waals surface area (Å²) in [5, 5.41) is 4.47. The van der Waals surface area contributed by atoms with Gasteiger partial charge in [-0.25, -0.2) is 10.3 Å². The zero-order valence-corrected chi connectivity index (χ0v) is 7.99. The van der Waals surface area contributed by atoms with Gasteiger partial charge in [-0.1, -0.05) is 26.0 Å². The Balaban J connectivity index is 2.26. The van der Waals surface area contributed by atoms with Gasteiger partial charge in [0.1, 0.15) is 5.84 Å². The Kier molecular flexibility index (Phi) is 2.05. The van der Waals surface area contributed by atoms with E-state index in [9.17, 15) is 0 Å². The zero-order valence-electron chi connectivity index (χ0n) is 7.99. The van der Waals surface area contributed by atoms with Crippen LogP contribution in [0.3, 0.4) is 0 Å². The van der Waals surface area contributed by atoms with E-state index in [1.165, 1.54) is 0 Å². The first-order chi connectivity index (χ1) is 6.31. The molecule has 1 radical (unpaired) electrons. The molecule has 0 saturated carbocycles. The fraction of sp³-hybridized carbons (Fsp3) is 0.364. The SMILES string of the molecule is CCC(C)C1=Nc2ccccc2[N]1. The van der Waals surface area contributed by atoms with E-state index in [0.717, 1.165) is 23.6 Å². The number of rotatable bonds is 2. The Morgan fingerprint density at radius 3 is 2.54 bits per heavy atom. The van der Waals surface area contributed by atoms with Gasteiger partial charge in [-0.15, -0.1) is 0 Å². The van der Waals surface area contributed by atoms with Gasteiger partial charge in [-0.05, 0) is 18.6 Å². The molecule has 13 heavy (non-hydrogen) atoms. The molecule has 1 aliphatic heterocycles. The highest BCUT2D eigenvalue weighted by Crippen LogP contribution is 2.31. The zero-order chi connectivity index (χ0) is 9.26. The Hall–Kier alpha value is -1.31. The fourth-order valence-electron chi connectivity index (χ4n) is 1.33. The molecule has 1 heterocycles. The molecule has 1 aromatic carbocycles. The fourth-order valence-corrected chi connectivity index (χ4v) is 1.33. The molecular weight excluding hydrogens is 160 g/mol. The highest BCUT2D eigenvalue weighted by Gasteiger charge is 2.18. The van der Waals surface area contributed by atoms with Gasteiger partial charge in [-0.3, -0.25) is 0 Å². The molecule has 0 N–H and O–H groups in total. The van der Waals surface area contributed by atoms with E-state index in [1.807, 2.05) is 24.3 Å². The third-order valence-corrected chi connectivity index (χ3v) is 2.40. The van der Waals surface area contributed by atoms with Crippen molar-refractivity contribution in [1.82, 2.24) is 5.32 Å². The summed E-state index contributed by atoms with van der Waals surface area (Å²) in [5.41, 5.74) is 2.02. The maximum absolute atomic E-state index is 4.47. The molecule has 1 unspecified atom stereocenters. The van der Waals surface area contributed by atoms with E-state index in [2.05, 4.69) is 24.2 Å². The van der Waals surface area contributed by atoms with Gasteiger partial charge in [0.15, 0.2) is 0 Å². The van der Waals surface area contributed by atoms with Crippen LogP contribution in [0.4, 0.5) is 11.4 Å². The lowest BCUT2D eigenvalue weighted by atomic mass is 10.1. The van der Waals surface area contributed by atoms with Crippen molar-refractivity contribution in [2.24, 2.45) is 10.9 Å². The van der Waals surface area contributed by atoms with Crippen LogP contribution in [0.25, 0.3) is 0 Å². The van der Waals surface area contributed by atoms with E-state index in [-0.39, 0.29) is 0 Å². The molecule has 2 rings (SSSR count). The van der Waals surface area contributed by atoms with Crippen LogP contribution in [-0.2, 0) is 0 Å². The minimum atomic E-state index is 0.465. The van der Waals surface area contributed by atoms with Crippen LogP contribution in [0.2, 0.25) is 0 Å². The van der Waals surface area contributed by atoms with Crippen LogP contribution in [0.15, 0.2) is 29.3 Å². The molecular formula is C11H13N2. The lowest BCUT2D eigenvalue weighted by Gasteiger charge is -2.05. The van der Waals surface area contributed by atoms with Gasteiger partial charge < -0.3 is 0 Å². The second kappa shape index (κ2) is 3.21. The number of hydrogen-bond donors (Lipinski definition) is 0. The van der Waals surface area contributed by atoms with Crippen molar-refractivity contribution in [2.75, 3.05) is 0 Å². The minimum absolute atomic E-state index is 0.465. The smallest absolute Gasteiger partial charge is 0.132 e. The molecule has 2 nitrogen and oxygen atoms in total. The molecule has 0 bridgehead atoms. The number of benzene rings is 1. The molecule has 2 heteroatoms. The van der Waals surface area contributed by atoms with Crippen molar-refractivity contribution in [3.63, 3.8) is 0 Å². The van der Waals surface area contributed by atoms with Gasteiger partial charge >= 0.3 is 0 Å². The number of nitrogens with zero attached hydrogens (tertiary/aromatic N) is 2. The quantitative estimate of drug-likeness (QED) is 0.657. The largest absolute Gasteiger partial charge is 0.231 e. The number of para-hydroxylation sites is 2. The maximum Gasteiger partial charge on any atom is 0.132 e. The molecule has 0 amide bonds. The van der Waals surface area contributed by atoms with Gasteiger partial charge in [0, 0.05) is 5.92 Å². The summed E-state index contributed by atoms with van der Waals surface area (Å²) in [6.07, 6.45) is 1.09. The Morgan fingerprint density at radius 1 is 1.23 bits per heavy atom. The van der Waals surface area contributed by atoms with E-state index in [1.54, 1.807) is 0 Å². The van der Waals surface area contributed by atoms with Gasteiger partial charge in [0.05, 0.1) is 11.4 Å². The number of aliphatic imine (C=N–C) groups is 1. The van der Waals surface area contributed by atoms with Crippen LogP contribution in [-0.4, -0.2) is 5.84 Å². The van der Waals surface area contributed by atoms with Gasteiger partial charge in [0.2, 0.25) is 0 Å². The topological polar surface area (TPSA) is 26.5 Å². The molecule has 0 saturated heterocycles. The number of fused-ring (bicyclic) bond motifs is 1. The summed E-state index contributed by atoms with van der Waals surface area (Å²) in [5.74, 6) is 1.44. The van der Waals surface area contributed by atoms with Gasteiger partial charge in [-0.2, -0.15) is 0 Å². The lowest BCUT2D eigenvalue weighted by molar-refractivity contribution is 0.724. The molecule has 1 aliphatic rings. The monoisotopic (exact) mass is 173 g/mol.